The lowest BCUT2D eigenvalue weighted by atomic mass is 10.1. The molecule has 2 aromatic heterocycles. The maximum Gasteiger partial charge on any atom is 0.417 e. The Balaban J connectivity index is 1.92. The number of amides is 2. The van der Waals surface area contributed by atoms with E-state index in [0.717, 1.165) is 23.8 Å². The van der Waals surface area contributed by atoms with Crippen LogP contribution in [-0.4, -0.2) is 67.0 Å². The number of hydrogen-bond donors (Lipinski definition) is 2. The van der Waals surface area contributed by atoms with E-state index in [1.54, 1.807) is 0 Å². The maximum absolute atomic E-state index is 13.8. The summed E-state index contributed by atoms with van der Waals surface area (Å²) in [6, 6.07) is 1.11. The lowest BCUT2D eigenvalue weighted by Crippen LogP contribution is -2.55. The third-order valence-corrected chi connectivity index (χ3v) is 6.49. The van der Waals surface area contributed by atoms with Crippen LogP contribution in [0, 0.1) is 0 Å². The zero-order valence-electron chi connectivity index (χ0n) is 18.5. The van der Waals surface area contributed by atoms with Crippen molar-refractivity contribution < 1.29 is 22.8 Å². The van der Waals surface area contributed by atoms with Gasteiger partial charge in [-0.2, -0.15) is 13.2 Å². The SMILES string of the molecule is CCC1CN(c2cc(C(F)(F)F)c3scc(C(=O)NC)c3n2)CCN1CC(=O)NC(C)C. The van der Waals surface area contributed by atoms with Gasteiger partial charge in [-0.25, -0.2) is 4.98 Å². The molecule has 2 amide bonds. The normalized spacial score (nSPS) is 17.8. The van der Waals surface area contributed by atoms with Crippen LogP contribution in [0.5, 0.6) is 0 Å². The van der Waals surface area contributed by atoms with Crippen molar-refractivity contribution >= 4 is 39.2 Å². The zero-order valence-corrected chi connectivity index (χ0v) is 19.4. The molecule has 1 atom stereocenters. The van der Waals surface area contributed by atoms with Crippen molar-refractivity contribution in [1.29, 1.82) is 0 Å². The Labute approximate surface area is 189 Å². The second-order valence-corrected chi connectivity index (χ2v) is 9.01. The molecule has 3 heterocycles. The number of anilines is 1. The predicted molar refractivity (Wildman–Crippen MR) is 119 cm³/mol. The molecular weight excluding hydrogens is 443 g/mol. The summed E-state index contributed by atoms with van der Waals surface area (Å²) in [4.78, 5) is 32.7. The number of fused-ring (bicyclic) bond motifs is 1. The van der Waals surface area contributed by atoms with E-state index in [9.17, 15) is 22.8 Å². The van der Waals surface area contributed by atoms with Gasteiger partial charge in [-0.1, -0.05) is 6.92 Å². The second-order valence-electron chi connectivity index (χ2n) is 8.13. The van der Waals surface area contributed by atoms with Gasteiger partial charge >= 0.3 is 6.18 Å². The first-order valence-electron chi connectivity index (χ1n) is 10.5. The highest BCUT2D eigenvalue weighted by molar-refractivity contribution is 7.17. The van der Waals surface area contributed by atoms with E-state index in [-0.39, 0.29) is 46.1 Å². The fraction of sp³-hybridized carbons (Fsp3) is 0.571. The number of hydrogen-bond acceptors (Lipinski definition) is 6. The summed E-state index contributed by atoms with van der Waals surface area (Å²) in [5.41, 5.74) is -0.591. The molecule has 2 N–H and O–H groups in total. The van der Waals surface area contributed by atoms with Crippen LogP contribution in [0.3, 0.4) is 0 Å². The standard InChI is InChI=1S/C21H28F3N5O2S/c1-5-13-9-29(7-6-28(13)10-17(30)26-12(2)3)16-8-15(21(22,23)24)19-18(27-16)14(11-32-19)20(31)25-4/h8,11-13H,5-7,9-10H2,1-4H3,(H,25,31)(H,26,30). The fourth-order valence-electron chi connectivity index (χ4n) is 3.91. The summed E-state index contributed by atoms with van der Waals surface area (Å²) in [6.45, 7) is 7.42. The second kappa shape index (κ2) is 9.62. The molecule has 0 spiro atoms. The van der Waals surface area contributed by atoms with Gasteiger partial charge in [-0.05, 0) is 26.3 Å². The van der Waals surface area contributed by atoms with Crippen molar-refractivity contribution in [2.45, 2.75) is 45.5 Å². The van der Waals surface area contributed by atoms with E-state index >= 15 is 0 Å². The van der Waals surface area contributed by atoms with Gasteiger partial charge in [0.05, 0.1) is 27.9 Å². The van der Waals surface area contributed by atoms with Crippen molar-refractivity contribution in [3.05, 3.63) is 22.6 Å². The molecule has 7 nitrogen and oxygen atoms in total. The number of carbonyl (C=O) groups is 2. The summed E-state index contributed by atoms with van der Waals surface area (Å²) < 4.78 is 41.4. The summed E-state index contributed by atoms with van der Waals surface area (Å²) in [5, 5.41) is 6.74. The van der Waals surface area contributed by atoms with Crippen LogP contribution in [0.2, 0.25) is 0 Å². The van der Waals surface area contributed by atoms with E-state index in [4.69, 9.17) is 0 Å². The van der Waals surface area contributed by atoms with Gasteiger partial charge < -0.3 is 15.5 Å². The molecule has 176 valence electrons. The number of aromatic nitrogens is 1. The Morgan fingerprint density at radius 1 is 1.31 bits per heavy atom. The topological polar surface area (TPSA) is 77.6 Å². The number of halogens is 3. The molecule has 1 saturated heterocycles. The largest absolute Gasteiger partial charge is 0.417 e. The lowest BCUT2D eigenvalue weighted by Gasteiger charge is -2.41. The van der Waals surface area contributed by atoms with Gasteiger partial charge in [0.2, 0.25) is 5.91 Å². The van der Waals surface area contributed by atoms with Crippen molar-refractivity contribution in [2.75, 3.05) is 38.1 Å². The maximum atomic E-state index is 13.8. The summed E-state index contributed by atoms with van der Waals surface area (Å²) in [6.07, 6.45) is -3.83. The third kappa shape index (κ3) is 5.15. The number of piperazine rings is 1. The van der Waals surface area contributed by atoms with E-state index in [2.05, 4.69) is 20.5 Å². The molecule has 0 radical (unpaired) electrons. The summed E-state index contributed by atoms with van der Waals surface area (Å²) in [5.74, 6) is -0.348. The van der Waals surface area contributed by atoms with E-state index < -0.39 is 17.6 Å². The number of thiophene rings is 1. The van der Waals surface area contributed by atoms with E-state index in [1.165, 1.54) is 12.4 Å². The number of alkyl halides is 3. The Bertz CT molecular complexity index is 992. The first kappa shape index (κ1) is 24.2. The van der Waals surface area contributed by atoms with Gasteiger partial charge in [0, 0.05) is 44.1 Å². The number of pyridine rings is 1. The minimum atomic E-state index is -4.57. The van der Waals surface area contributed by atoms with Gasteiger partial charge in [0.25, 0.3) is 5.91 Å². The highest BCUT2D eigenvalue weighted by atomic mass is 32.1. The fourth-order valence-corrected chi connectivity index (χ4v) is 4.94. The first-order valence-corrected chi connectivity index (χ1v) is 11.4. The van der Waals surface area contributed by atoms with Crippen LogP contribution < -0.4 is 15.5 Å². The average Bonchev–Trinajstić information content (AvgIpc) is 3.15. The summed E-state index contributed by atoms with van der Waals surface area (Å²) in [7, 11) is 1.43. The van der Waals surface area contributed by atoms with Crippen molar-refractivity contribution in [1.82, 2.24) is 20.5 Å². The minimum Gasteiger partial charge on any atom is -0.355 e. The molecule has 1 aliphatic heterocycles. The average molecular weight is 472 g/mol. The number of rotatable bonds is 6. The van der Waals surface area contributed by atoms with Crippen molar-refractivity contribution in [2.24, 2.45) is 0 Å². The molecule has 1 fully saturated rings. The third-order valence-electron chi connectivity index (χ3n) is 5.48. The highest BCUT2D eigenvalue weighted by Gasteiger charge is 2.36. The van der Waals surface area contributed by atoms with Crippen LogP contribution in [0.1, 0.15) is 43.1 Å². The molecule has 1 unspecified atom stereocenters. The van der Waals surface area contributed by atoms with E-state index in [0.29, 0.717) is 19.6 Å². The Morgan fingerprint density at radius 2 is 2.03 bits per heavy atom. The van der Waals surface area contributed by atoms with Gasteiger partial charge in [0.1, 0.15) is 5.82 Å². The van der Waals surface area contributed by atoms with Gasteiger partial charge in [-0.3, -0.25) is 14.5 Å². The van der Waals surface area contributed by atoms with Crippen LogP contribution in [-0.2, 0) is 11.0 Å². The predicted octanol–water partition coefficient (Wildman–Crippen LogP) is 3.10. The number of nitrogens with zero attached hydrogens (tertiary/aromatic N) is 3. The number of nitrogens with one attached hydrogen (secondary N) is 2. The van der Waals surface area contributed by atoms with Crippen molar-refractivity contribution in [3.63, 3.8) is 0 Å². The molecule has 3 rings (SSSR count). The van der Waals surface area contributed by atoms with Gasteiger partial charge in [-0.15, -0.1) is 11.3 Å². The Morgan fingerprint density at radius 3 is 2.62 bits per heavy atom. The Kier molecular flexibility index (Phi) is 7.29. The highest BCUT2D eigenvalue weighted by Crippen LogP contribution is 2.40. The number of carbonyl (C=O) groups excluding carboxylic acids is 2. The quantitative estimate of drug-likeness (QED) is 0.677. The van der Waals surface area contributed by atoms with E-state index in [1.807, 2.05) is 25.7 Å². The Hall–Kier alpha value is -2.40. The van der Waals surface area contributed by atoms with Crippen LogP contribution in [0.4, 0.5) is 19.0 Å². The van der Waals surface area contributed by atoms with Crippen molar-refractivity contribution in [3.8, 4) is 0 Å². The van der Waals surface area contributed by atoms with Crippen LogP contribution in [0.15, 0.2) is 11.4 Å². The molecule has 11 heteroatoms. The molecular formula is C21H28F3N5O2S. The molecule has 0 aromatic carbocycles. The summed E-state index contributed by atoms with van der Waals surface area (Å²) >= 11 is 0.869. The molecule has 32 heavy (non-hydrogen) atoms. The molecule has 1 aliphatic rings. The zero-order chi connectivity index (χ0) is 23.6. The molecule has 0 bridgehead atoms. The van der Waals surface area contributed by atoms with Gasteiger partial charge in [0.15, 0.2) is 0 Å². The molecule has 0 saturated carbocycles. The lowest BCUT2D eigenvalue weighted by molar-refractivity contribution is -0.136. The first-order chi connectivity index (χ1) is 15.0. The monoisotopic (exact) mass is 471 g/mol. The van der Waals surface area contributed by atoms with Crippen LogP contribution in [0.25, 0.3) is 10.2 Å². The minimum absolute atomic E-state index is 0.00520. The molecule has 2 aromatic rings. The smallest absolute Gasteiger partial charge is 0.355 e. The van der Waals surface area contributed by atoms with Crippen LogP contribution >= 0.6 is 11.3 Å². The molecule has 0 aliphatic carbocycles.